The van der Waals surface area contributed by atoms with Gasteiger partial charge in [0.25, 0.3) is 0 Å². The lowest BCUT2D eigenvalue weighted by Gasteiger charge is -2.10. The number of hydrogen-bond donors (Lipinski definition) is 1. The molecule has 6 heteroatoms. The van der Waals surface area contributed by atoms with E-state index in [1.165, 1.54) is 12.3 Å². The molecule has 0 aliphatic carbocycles. The number of aromatic nitrogens is 1. The third-order valence-electron chi connectivity index (χ3n) is 2.32. The first-order chi connectivity index (χ1) is 8.36. The minimum absolute atomic E-state index is 0.0379. The van der Waals surface area contributed by atoms with Crippen LogP contribution in [0.25, 0.3) is 11.1 Å². The standard InChI is InChI=1S/C12H8F4N2/c13-10-2-8(5-18-6-10)7-1-9(12(14,15)16)4-11(17)3-7/h1-6H,17H2. The van der Waals surface area contributed by atoms with Gasteiger partial charge in [-0.2, -0.15) is 13.2 Å². The first kappa shape index (κ1) is 12.3. The van der Waals surface area contributed by atoms with Gasteiger partial charge in [-0.05, 0) is 29.8 Å². The fraction of sp³-hybridized carbons (Fsp3) is 0.0833. The van der Waals surface area contributed by atoms with Crippen LogP contribution in [0.15, 0.2) is 36.7 Å². The van der Waals surface area contributed by atoms with Crippen molar-refractivity contribution in [2.24, 2.45) is 0 Å². The first-order valence-electron chi connectivity index (χ1n) is 4.95. The number of nitrogens with two attached hydrogens (primary N) is 1. The number of alkyl halides is 3. The maximum Gasteiger partial charge on any atom is 0.416 e. The molecule has 0 amide bonds. The van der Waals surface area contributed by atoms with Crippen LogP contribution < -0.4 is 5.73 Å². The Bertz CT molecular complexity index is 579. The van der Waals surface area contributed by atoms with Gasteiger partial charge in [0.1, 0.15) is 5.82 Å². The lowest BCUT2D eigenvalue weighted by molar-refractivity contribution is -0.137. The summed E-state index contributed by atoms with van der Waals surface area (Å²) in [6.45, 7) is 0. The molecule has 0 radical (unpaired) electrons. The van der Waals surface area contributed by atoms with Crippen LogP contribution in [-0.2, 0) is 6.18 Å². The molecule has 0 atom stereocenters. The molecule has 0 fully saturated rings. The van der Waals surface area contributed by atoms with Crippen molar-refractivity contribution in [3.8, 4) is 11.1 Å². The Morgan fingerprint density at radius 1 is 0.944 bits per heavy atom. The molecule has 2 nitrogen and oxygen atoms in total. The average molecular weight is 256 g/mol. The number of hydrogen-bond acceptors (Lipinski definition) is 2. The summed E-state index contributed by atoms with van der Waals surface area (Å²) in [5.41, 5.74) is 4.92. The highest BCUT2D eigenvalue weighted by molar-refractivity contribution is 5.68. The Balaban J connectivity index is 2.55. The van der Waals surface area contributed by atoms with Crippen LogP contribution in [0.4, 0.5) is 23.2 Å². The summed E-state index contributed by atoms with van der Waals surface area (Å²) < 4.78 is 50.8. The van der Waals surface area contributed by atoms with Gasteiger partial charge < -0.3 is 5.73 Å². The van der Waals surface area contributed by atoms with Crippen molar-refractivity contribution in [1.82, 2.24) is 4.98 Å². The minimum atomic E-state index is -4.50. The summed E-state index contributed by atoms with van der Waals surface area (Å²) in [6, 6.07) is 4.18. The molecule has 0 unspecified atom stereocenters. The number of benzene rings is 1. The van der Waals surface area contributed by atoms with Gasteiger partial charge in [0.2, 0.25) is 0 Å². The van der Waals surface area contributed by atoms with E-state index in [0.717, 1.165) is 24.4 Å². The van der Waals surface area contributed by atoms with Crippen LogP contribution in [0.5, 0.6) is 0 Å². The van der Waals surface area contributed by atoms with Gasteiger partial charge >= 0.3 is 6.18 Å². The van der Waals surface area contributed by atoms with Gasteiger partial charge in [0.15, 0.2) is 0 Å². The smallest absolute Gasteiger partial charge is 0.399 e. The zero-order valence-electron chi connectivity index (χ0n) is 9.00. The van der Waals surface area contributed by atoms with E-state index in [-0.39, 0.29) is 16.8 Å². The van der Waals surface area contributed by atoms with Crippen LogP contribution in [-0.4, -0.2) is 4.98 Å². The highest BCUT2D eigenvalue weighted by Gasteiger charge is 2.31. The van der Waals surface area contributed by atoms with E-state index in [4.69, 9.17) is 5.73 Å². The molecule has 0 aliphatic rings. The van der Waals surface area contributed by atoms with E-state index in [1.54, 1.807) is 0 Å². The summed E-state index contributed by atoms with van der Waals surface area (Å²) in [5.74, 6) is -0.622. The van der Waals surface area contributed by atoms with Gasteiger partial charge in [-0.1, -0.05) is 0 Å². The van der Waals surface area contributed by atoms with E-state index in [2.05, 4.69) is 4.98 Å². The largest absolute Gasteiger partial charge is 0.416 e. The van der Waals surface area contributed by atoms with Crippen LogP contribution in [0.1, 0.15) is 5.56 Å². The van der Waals surface area contributed by atoms with Crippen molar-refractivity contribution >= 4 is 5.69 Å². The van der Waals surface area contributed by atoms with E-state index < -0.39 is 17.6 Å². The SMILES string of the molecule is Nc1cc(-c2cncc(F)c2)cc(C(F)(F)F)c1. The third-order valence-corrected chi connectivity index (χ3v) is 2.32. The van der Waals surface area contributed by atoms with Crippen molar-refractivity contribution in [2.45, 2.75) is 6.18 Å². The third kappa shape index (κ3) is 2.58. The van der Waals surface area contributed by atoms with Crippen molar-refractivity contribution < 1.29 is 17.6 Å². The predicted molar refractivity (Wildman–Crippen MR) is 59.0 cm³/mol. The molecular weight excluding hydrogens is 248 g/mol. The first-order valence-corrected chi connectivity index (χ1v) is 4.95. The lowest BCUT2D eigenvalue weighted by atomic mass is 10.0. The second-order valence-corrected chi connectivity index (χ2v) is 3.73. The fourth-order valence-electron chi connectivity index (χ4n) is 1.55. The zero-order chi connectivity index (χ0) is 13.3. The highest BCUT2D eigenvalue weighted by Crippen LogP contribution is 2.34. The van der Waals surface area contributed by atoms with Gasteiger partial charge in [0.05, 0.1) is 11.8 Å². The van der Waals surface area contributed by atoms with Crippen molar-refractivity contribution in [3.05, 3.63) is 48.0 Å². The fourth-order valence-corrected chi connectivity index (χ4v) is 1.55. The summed E-state index contributed by atoms with van der Waals surface area (Å²) in [5, 5.41) is 0. The van der Waals surface area contributed by atoms with Gasteiger partial charge in [-0.25, -0.2) is 4.39 Å². The second kappa shape index (κ2) is 4.29. The normalized spacial score (nSPS) is 11.6. The predicted octanol–water partition coefficient (Wildman–Crippen LogP) is 3.49. The molecule has 1 aromatic heterocycles. The molecule has 2 rings (SSSR count). The van der Waals surface area contributed by atoms with Crippen molar-refractivity contribution in [3.63, 3.8) is 0 Å². The molecule has 0 aliphatic heterocycles. The number of rotatable bonds is 1. The highest BCUT2D eigenvalue weighted by atomic mass is 19.4. The molecule has 2 N–H and O–H groups in total. The quantitative estimate of drug-likeness (QED) is 0.626. The van der Waals surface area contributed by atoms with Crippen LogP contribution in [0.3, 0.4) is 0 Å². The maximum absolute atomic E-state index is 13.0. The Morgan fingerprint density at radius 2 is 1.67 bits per heavy atom. The molecule has 18 heavy (non-hydrogen) atoms. The van der Waals surface area contributed by atoms with Crippen molar-refractivity contribution in [1.29, 1.82) is 0 Å². The van der Waals surface area contributed by atoms with Crippen LogP contribution >= 0.6 is 0 Å². The Labute approximate surface area is 100 Å². The number of halogens is 4. The van der Waals surface area contributed by atoms with Gasteiger partial charge in [-0.15, -0.1) is 0 Å². The Kier molecular flexibility index (Phi) is 2.94. The molecular formula is C12H8F4N2. The summed E-state index contributed by atoms with van der Waals surface area (Å²) in [7, 11) is 0. The molecule has 2 aromatic rings. The average Bonchev–Trinajstić information content (AvgIpc) is 2.27. The summed E-state index contributed by atoms with van der Waals surface area (Å²) in [6.07, 6.45) is -2.25. The van der Waals surface area contributed by atoms with Crippen LogP contribution in [0, 0.1) is 5.82 Å². The molecule has 1 heterocycles. The summed E-state index contributed by atoms with van der Waals surface area (Å²) >= 11 is 0. The van der Waals surface area contributed by atoms with E-state index >= 15 is 0 Å². The monoisotopic (exact) mass is 256 g/mol. The van der Waals surface area contributed by atoms with Gasteiger partial charge in [0, 0.05) is 17.4 Å². The lowest BCUT2D eigenvalue weighted by Crippen LogP contribution is -2.06. The zero-order valence-corrected chi connectivity index (χ0v) is 9.00. The van der Waals surface area contributed by atoms with Gasteiger partial charge in [-0.3, -0.25) is 4.98 Å². The Morgan fingerprint density at radius 3 is 2.28 bits per heavy atom. The van der Waals surface area contributed by atoms with E-state index in [0.29, 0.717) is 0 Å². The Hall–Kier alpha value is -2.11. The summed E-state index contributed by atoms with van der Waals surface area (Å²) in [4.78, 5) is 3.59. The molecule has 0 saturated carbocycles. The molecule has 0 spiro atoms. The molecule has 0 bridgehead atoms. The number of nitrogens with zero attached hydrogens (tertiary/aromatic N) is 1. The molecule has 1 aromatic carbocycles. The number of pyridine rings is 1. The van der Waals surface area contributed by atoms with E-state index in [9.17, 15) is 17.6 Å². The minimum Gasteiger partial charge on any atom is -0.399 e. The number of anilines is 1. The molecule has 94 valence electrons. The van der Waals surface area contributed by atoms with E-state index in [1.807, 2.05) is 0 Å². The second-order valence-electron chi connectivity index (χ2n) is 3.73. The maximum atomic E-state index is 13.0. The number of nitrogen functional groups attached to an aromatic ring is 1. The topological polar surface area (TPSA) is 38.9 Å². The molecule has 0 saturated heterocycles. The van der Waals surface area contributed by atoms with Crippen molar-refractivity contribution in [2.75, 3.05) is 5.73 Å². The van der Waals surface area contributed by atoms with Crippen LogP contribution in [0.2, 0.25) is 0 Å².